The van der Waals surface area contributed by atoms with Crippen molar-refractivity contribution >= 4 is 55.7 Å². The van der Waals surface area contributed by atoms with E-state index in [4.69, 9.17) is 5.11 Å². The summed E-state index contributed by atoms with van der Waals surface area (Å²) in [5.41, 5.74) is 0.922. The van der Waals surface area contributed by atoms with Crippen LogP contribution in [0, 0.1) is 6.92 Å². The summed E-state index contributed by atoms with van der Waals surface area (Å²) >= 11 is 5.61. The summed E-state index contributed by atoms with van der Waals surface area (Å²) in [7, 11) is 0. The van der Waals surface area contributed by atoms with Crippen molar-refractivity contribution in [3.63, 3.8) is 0 Å². The largest absolute Gasteiger partial charge is 0.478 e. The van der Waals surface area contributed by atoms with Gasteiger partial charge in [-0.25, -0.2) is 4.79 Å². The Hall–Kier alpha value is -1.25. The van der Waals surface area contributed by atoms with Gasteiger partial charge in [0.2, 0.25) is 0 Å². The van der Waals surface area contributed by atoms with Gasteiger partial charge in [0.05, 0.1) is 15.0 Å². The van der Waals surface area contributed by atoms with Crippen molar-refractivity contribution in [1.29, 1.82) is 0 Å². The van der Waals surface area contributed by atoms with Crippen LogP contribution < -0.4 is 5.32 Å². The second-order valence-electron chi connectivity index (χ2n) is 3.37. The second kappa shape index (κ2) is 5.17. The number of anilines is 1. The third-order valence-electron chi connectivity index (χ3n) is 2.13. The van der Waals surface area contributed by atoms with E-state index in [0.717, 1.165) is 15.3 Å². The van der Waals surface area contributed by atoms with E-state index in [1.807, 2.05) is 0 Å². The minimum absolute atomic E-state index is 0.0441. The number of carboxylic acids is 1. The van der Waals surface area contributed by atoms with Gasteiger partial charge >= 0.3 is 5.97 Å². The van der Waals surface area contributed by atoms with Crippen LogP contribution in [0.1, 0.15) is 26.4 Å². The van der Waals surface area contributed by atoms with Crippen LogP contribution in [0.3, 0.4) is 0 Å². The Morgan fingerprint density at radius 3 is 2.78 bits per heavy atom. The summed E-state index contributed by atoms with van der Waals surface area (Å²) in [5, 5.41) is 13.5. The standard InChI is InChI=1S/C10H7BrN2O3S2/c1-4-7(10(15)16)9(18-13-4)12-8(14)5-2-6(11)17-3-5/h2-3H,1H3,(H,12,14)(H,15,16). The first-order valence-electron chi connectivity index (χ1n) is 4.74. The maximum absolute atomic E-state index is 11.9. The van der Waals surface area contributed by atoms with E-state index >= 15 is 0 Å². The zero-order valence-electron chi connectivity index (χ0n) is 9.06. The number of aromatic carboxylic acids is 1. The highest BCUT2D eigenvalue weighted by Crippen LogP contribution is 2.26. The molecule has 2 heterocycles. The van der Waals surface area contributed by atoms with Crippen LogP contribution in [0.15, 0.2) is 15.2 Å². The molecule has 18 heavy (non-hydrogen) atoms. The smallest absolute Gasteiger partial charge is 0.340 e. The average molecular weight is 347 g/mol. The molecule has 2 aromatic rings. The highest BCUT2D eigenvalue weighted by molar-refractivity contribution is 9.11. The average Bonchev–Trinajstić information content (AvgIpc) is 2.85. The number of aromatic nitrogens is 1. The number of halogens is 1. The highest BCUT2D eigenvalue weighted by Gasteiger charge is 2.20. The molecule has 94 valence electrons. The monoisotopic (exact) mass is 346 g/mol. The van der Waals surface area contributed by atoms with Gasteiger partial charge in [0.25, 0.3) is 5.91 Å². The second-order valence-corrected chi connectivity index (χ2v) is 6.43. The van der Waals surface area contributed by atoms with Gasteiger partial charge in [-0.1, -0.05) is 0 Å². The molecule has 0 unspecified atom stereocenters. The Balaban J connectivity index is 2.25. The van der Waals surface area contributed by atoms with Crippen molar-refractivity contribution in [2.24, 2.45) is 0 Å². The van der Waals surface area contributed by atoms with Crippen molar-refractivity contribution in [3.05, 3.63) is 32.1 Å². The molecular formula is C10H7BrN2O3S2. The van der Waals surface area contributed by atoms with E-state index in [1.54, 1.807) is 18.4 Å². The van der Waals surface area contributed by atoms with Gasteiger partial charge in [0.15, 0.2) is 0 Å². The van der Waals surface area contributed by atoms with Crippen molar-refractivity contribution < 1.29 is 14.7 Å². The van der Waals surface area contributed by atoms with E-state index in [9.17, 15) is 9.59 Å². The van der Waals surface area contributed by atoms with E-state index in [-0.39, 0.29) is 16.5 Å². The molecule has 0 fully saturated rings. The fourth-order valence-corrected chi connectivity index (χ4v) is 3.23. The Morgan fingerprint density at radius 1 is 1.50 bits per heavy atom. The number of amides is 1. The van der Waals surface area contributed by atoms with Gasteiger partial charge in [0, 0.05) is 5.38 Å². The first-order valence-corrected chi connectivity index (χ1v) is 7.18. The molecular weight excluding hydrogens is 340 g/mol. The number of nitrogens with zero attached hydrogens (tertiary/aromatic N) is 1. The predicted octanol–water partition coefficient (Wildman–Crippen LogP) is 3.23. The van der Waals surface area contributed by atoms with Crippen LogP contribution in [0.2, 0.25) is 0 Å². The number of hydrogen-bond acceptors (Lipinski definition) is 5. The van der Waals surface area contributed by atoms with Gasteiger partial charge < -0.3 is 10.4 Å². The molecule has 1 amide bonds. The van der Waals surface area contributed by atoms with Crippen LogP contribution in [0.25, 0.3) is 0 Å². The number of hydrogen-bond donors (Lipinski definition) is 2. The lowest BCUT2D eigenvalue weighted by atomic mass is 10.2. The Morgan fingerprint density at radius 2 is 2.22 bits per heavy atom. The van der Waals surface area contributed by atoms with E-state index in [1.165, 1.54) is 11.3 Å². The lowest BCUT2D eigenvalue weighted by molar-refractivity contribution is 0.0697. The summed E-state index contributed by atoms with van der Waals surface area (Å²) in [6.45, 7) is 1.59. The molecule has 0 saturated heterocycles. The van der Waals surface area contributed by atoms with Crippen molar-refractivity contribution in [2.45, 2.75) is 6.92 Å². The van der Waals surface area contributed by atoms with Crippen LogP contribution in [-0.2, 0) is 0 Å². The van der Waals surface area contributed by atoms with Gasteiger partial charge in [-0.2, -0.15) is 4.37 Å². The van der Waals surface area contributed by atoms with Crippen molar-refractivity contribution in [2.75, 3.05) is 5.32 Å². The molecule has 0 radical (unpaired) electrons. The molecule has 0 aromatic carbocycles. The maximum atomic E-state index is 11.9. The third kappa shape index (κ3) is 2.60. The maximum Gasteiger partial charge on any atom is 0.340 e. The summed E-state index contributed by atoms with van der Waals surface area (Å²) in [6.07, 6.45) is 0. The molecule has 2 N–H and O–H groups in total. The first-order chi connectivity index (χ1) is 8.49. The summed E-state index contributed by atoms with van der Waals surface area (Å²) in [5.74, 6) is -1.44. The molecule has 2 rings (SSSR count). The molecule has 0 bridgehead atoms. The van der Waals surface area contributed by atoms with E-state index in [0.29, 0.717) is 11.3 Å². The number of thiophene rings is 1. The highest BCUT2D eigenvalue weighted by atomic mass is 79.9. The minimum atomic E-state index is -1.09. The predicted molar refractivity (Wildman–Crippen MR) is 73.8 cm³/mol. The molecule has 8 heteroatoms. The number of nitrogens with one attached hydrogen (secondary N) is 1. The SMILES string of the molecule is Cc1nsc(NC(=O)c2csc(Br)c2)c1C(=O)O. The zero-order valence-corrected chi connectivity index (χ0v) is 12.3. The first kappa shape index (κ1) is 13.2. The molecule has 0 atom stereocenters. The Bertz CT molecular complexity index is 620. The molecule has 2 aromatic heterocycles. The topological polar surface area (TPSA) is 79.3 Å². The lowest BCUT2D eigenvalue weighted by Crippen LogP contribution is -2.12. The lowest BCUT2D eigenvalue weighted by Gasteiger charge is -2.01. The number of carboxylic acid groups (broad SMARTS) is 1. The molecule has 0 aliphatic carbocycles. The number of carbonyl (C=O) groups excluding carboxylic acids is 1. The Labute approximate surface area is 119 Å². The van der Waals surface area contributed by atoms with Gasteiger partial charge in [0.1, 0.15) is 10.6 Å². The summed E-state index contributed by atoms with van der Waals surface area (Å²) in [4.78, 5) is 22.9. The quantitative estimate of drug-likeness (QED) is 0.894. The summed E-state index contributed by atoms with van der Waals surface area (Å²) in [6, 6.07) is 1.67. The number of aryl methyl sites for hydroxylation is 1. The molecule has 0 saturated carbocycles. The molecule has 0 spiro atoms. The fraction of sp³-hybridized carbons (Fsp3) is 0.100. The normalized spacial score (nSPS) is 10.3. The van der Waals surface area contributed by atoms with Gasteiger partial charge in [-0.15, -0.1) is 11.3 Å². The molecule has 0 aliphatic rings. The van der Waals surface area contributed by atoms with Crippen LogP contribution in [0.5, 0.6) is 0 Å². The molecule has 5 nitrogen and oxygen atoms in total. The number of carbonyl (C=O) groups is 2. The fourth-order valence-electron chi connectivity index (χ4n) is 1.31. The summed E-state index contributed by atoms with van der Waals surface area (Å²) < 4.78 is 4.77. The van der Waals surface area contributed by atoms with E-state index < -0.39 is 5.97 Å². The van der Waals surface area contributed by atoms with Gasteiger partial charge in [-0.05, 0) is 40.5 Å². The third-order valence-corrected chi connectivity index (χ3v) is 4.49. The van der Waals surface area contributed by atoms with Crippen molar-refractivity contribution in [3.8, 4) is 0 Å². The van der Waals surface area contributed by atoms with Crippen LogP contribution >= 0.6 is 38.8 Å². The van der Waals surface area contributed by atoms with Crippen LogP contribution in [-0.4, -0.2) is 21.4 Å². The van der Waals surface area contributed by atoms with Gasteiger partial charge in [-0.3, -0.25) is 4.79 Å². The Kier molecular flexibility index (Phi) is 3.79. The molecule has 0 aliphatic heterocycles. The number of rotatable bonds is 3. The zero-order chi connectivity index (χ0) is 13.3. The van der Waals surface area contributed by atoms with E-state index in [2.05, 4.69) is 25.6 Å². The van der Waals surface area contributed by atoms with Crippen LogP contribution in [0.4, 0.5) is 5.00 Å². The minimum Gasteiger partial charge on any atom is -0.478 e. The van der Waals surface area contributed by atoms with Crippen molar-refractivity contribution in [1.82, 2.24) is 4.37 Å².